The average Bonchev–Trinajstić information content (AvgIpc) is 2.67. The van der Waals surface area contributed by atoms with Crippen molar-refractivity contribution in [1.29, 1.82) is 0 Å². The SMILES string of the molecule is Cc1nn(C)cc1NS(=O)(=O)N1CCCC(CN)C1. The molecule has 0 amide bonds. The topological polar surface area (TPSA) is 93.2 Å². The Kier molecular flexibility index (Phi) is 4.12. The summed E-state index contributed by atoms with van der Waals surface area (Å²) in [6.07, 6.45) is 3.51. The molecule has 19 heavy (non-hydrogen) atoms. The molecule has 0 aromatic carbocycles. The highest BCUT2D eigenvalue weighted by Gasteiger charge is 2.28. The molecule has 0 bridgehead atoms. The zero-order chi connectivity index (χ0) is 14.0. The number of hydrogen-bond acceptors (Lipinski definition) is 4. The molecule has 1 saturated heterocycles. The van der Waals surface area contributed by atoms with Crippen LogP contribution in [0.1, 0.15) is 18.5 Å². The average molecular weight is 287 g/mol. The predicted molar refractivity (Wildman–Crippen MR) is 73.8 cm³/mol. The summed E-state index contributed by atoms with van der Waals surface area (Å²) in [6, 6.07) is 0. The number of nitrogens with two attached hydrogens (primary N) is 1. The minimum Gasteiger partial charge on any atom is -0.330 e. The van der Waals surface area contributed by atoms with E-state index in [9.17, 15) is 8.42 Å². The molecular formula is C11H21N5O2S. The van der Waals surface area contributed by atoms with E-state index in [2.05, 4.69) is 9.82 Å². The maximum atomic E-state index is 12.3. The molecule has 0 saturated carbocycles. The van der Waals surface area contributed by atoms with Gasteiger partial charge in [-0.2, -0.15) is 17.8 Å². The summed E-state index contributed by atoms with van der Waals surface area (Å²) in [5.74, 6) is 0.250. The van der Waals surface area contributed by atoms with Gasteiger partial charge in [-0.25, -0.2) is 0 Å². The Morgan fingerprint density at radius 3 is 2.89 bits per heavy atom. The Bertz CT molecular complexity index is 539. The van der Waals surface area contributed by atoms with Crippen molar-refractivity contribution in [3.8, 4) is 0 Å². The number of nitrogens with zero attached hydrogens (tertiary/aromatic N) is 3. The molecule has 0 radical (unpaired) electrons. The molecule has 2 heterocycles. The van der Waals surface area contributed by atoms with E-state index in [0.717, 1.165) is 12.8 Å². The largest absolute Gasteiger partial charge is 0.330 e. The smallest absolute Gasteiger partial charge is 0.301 e. The molecule has 108 valence electrons. The van der Waals surface area contributed by atoms with Gasteiger partial charge >= 0.3 is 10.2 Å². The van der Waals surface area contributed by atoms with Gasteiger partial charge in [-0.15, -0.1) is 0 Å². The molecular weight excluding hydrogens is 266 g/mol. The maximum absolute atomic E-state index is 12.3. The Hall–Kier alpha value is -1.12. The van der Waals surface area contributed by atoms with E-state index in [1.165, 1.54) is 4.31 Å². The summed E-state index contributed by atoms with van der Waals surface area (Å²) in [4.78, 5) is 0. The molecule has 0 spiro atoms. The molecule has 1 aliphatic heterocycles. The molecule has 7 nitrogen and oxygen atoms in total. The second kappa shape index (κ2) is 5.48. The number of rotatable bonds is 4. The third-order valence-electron chi connectivity index (χ3n) is 3.41. The Morgan fingerprint density at radius 2 is 2.32 bits per heavy atom. The fourth-order valence-corrected chi connectivity index (χ4v) is 3.72. The number of piperidine rings is 1. The third-order valence-corrected chi connectivity index (χ3v) is 4.90. The summed E-state index contributed by atoms with van der Waals surface area (Å²) >= 11 is 0. The highest BCUT2D eigenvalue weighted by molar-refractivity contribution is 7.90. The van der Waals surface area contributed by atoms with Crippen LogP contribution in [0.25, 0.3) is 0 Å². The first-order valence-corrected chi connectivity index (χ1v) is 7.84. The lowest BCUT2D eigenvalue weighted by Gasteiger charge is -2.31. The summed E-state index contributed by atoms with van der Waals surface area (Å²) in [6.45, 7) is 3.34. The van der Waals surface area contributed by atoms with Gasteiger partial charge in [0.15, 0.2) is 0 Å². The van der Waals surface area contributed by atoms with E-state index >= 15 is 0 Å². The monoisotopic (exact) mass is 287 g/mol. The predicted octanol–water partition coefficient (Wildman–Crippen LogP) is 0.0559. The molecule has 1 fully saturated rings. The zero-order valence-electron chi connectivity index (χ0n) is 11.3. The van der Waals surface area contributed by atoms with Crippen LogP contribution in [-0.4, -0.2) is 42.1 Å². The van der Waals surface area contributed by atoms with Crippen molar-refractivity contribution in [1.82, 2.24) is 14.1 Å². The Labute approximate surface area is 113 Å². The second-order valence-electron chi connectivity index (χ2n) is 5.01. The number of aromatic nitrogens is 2. The summed E-state index contributed by atoms with van der Waals surface area (Å²) in [7, 11) is -1.75. The molecule has 1 unspecified atom stereocenters. The highest BCUT2D eigenvalue weighted by Crippen LogP contribution is 2.21. The van der Waals surface area contributed by atoms with Crippen molar-refractivity contribution in [2.45, 2.75) is 19.8 Å². The van der Waals surface area contributed by atoms with Gasteiger partial charge in [-0.1, -0.05) is 0 Å². The van der Waals surface area contributed by atoms with Crippen LogP contribution in [0.4, 0.5) is 5.69 Å². The first kappa shape index (κ1) is 14.3. The van der Waals surface area contributed by atoms with Crippen LogP contribution in [0.15, 0.2) is 6.20 Å². The summed E-state index contributed by atoms with van der Waals surface area (Å²) in [5.41, 5.74) is 6.82. The quantitative estimate of drug-likeness (QED) is 0.818. The van der Waals surface area contributed by atoms with Crippen molar-refractivity contribution in [2.75, 3.05) is 24.4 Å². The van der Waals surface area contributed by atoms with E-state index in [1.807, 2.05) is 0 Å². The fourth-order valence-electron chi connectivity index (χ4n) is 2.34. The molecule has 1 aliphatic rings. The highest BCUT2D eigenvalue weighted by atomic mass is 32.2. The van der Waals surface area contributed by atoms with Crippen molar-refractivity contribution >= 4 is 15.9 Å². The first-order chi connectivity index (χ1) is 8.92. The normalized spacial score (nSPS) is 21.5. The molecule has 2 rings (SSSR count). The van der Waals surface area contributed by atoms with E-state index in [4.69, 9.17) is 5.73 Å². The van der Waals surface area contributed by atoms with Crippen molar-refractivity contribution < 1.29 is 8.42 Å². The van der Waals surface area contributed by atoms with Gasteiger partial charge in [0.05, 0.1) is 11.4 Å². The molecule has 3 N–H and O–H groups in total. The number of hydrogen-bond donors (Lipinski definition) is 2. The number of nitrogens with one attached hydrogen (secondary N) is 1. The van der Waals surface area contributed by atoms with Gasteiger partial charge in [0.25, 0.3) is 0 Å². The minimum atomic E-state index is -3.51. The lowest BCUT2D eigenvalue weighted by molar-refractivity contribution is 0.273. The minimum absolute atomic E-state index is 0.250. The molecule has 8 heteroatoms. The summed E-state index contributed by atoms with van der Waals surface area (Å²) in [5, 5.41) is 4.12. The Morgan fingerprint density at radius 1 is 1.58 bits per heavy atom. The first-order valence-electron chi connectivity index (χ1n) is 6.40. The van der Waals surface area contributed by atoms with Gasteiger partial charge in [0.1, 0.15) is 0 Å². The van der Waals surface area contributed by atoms with Gasteiger partial charge in [0, 0.05) is 26.3 Å². The number of anilines is 1. The van der Waals surface area contributed by atoms with Gasteiger partial charge in [-0.05, 0) is 32.2 Å². The van der Waals surface area contributed by atoms with Crippen molar-refractivity contribution in [3.63, 3.8) is 0 Å². The van der Waals surface area contributed by atoms with Crippen LogP contribution in [-0.2, 0) is 17.3 Å². The van der Waals surface area contributed by atoms with E-state index in [1.54, 1.807) is 24.9 Å². The lowest BCUT2D eigenvalue weighted by Crippen LogP contribution is -2.44. The standard InChI is InChI=1S/C11H21N5O2S/c1-9-11(8-15(2)13-9)14-19(17,18)16-5-3-4-10(6-12)7-16/h8,10,14H,3-7,12H2,1-2H3. The van der Waals surface area contributed by atoms with Gasteiger partial charge in [-0.3, -0.25) is 9.40 Å². The molecule has 1 aromatic heterocycles. The maximum Gasteiger partial charge on any atom is 0.301 e. The van der Waals surface area contributed by atoms with Crippen LogP contribution in [0.3, 0.4) is 0 Å². The van der Waals surface area contributed by atoms with Gasteiger partial charge in [0.2, 0.25) is 0 Å². The van der Waals surface area contributed by atoms with Gasteiger partial charge < -0.3 is 5.73 Å². The molecule has 1 aromatic rings. The molecule has 0 aliphatic carbocycles. The summed E-state index contributed by atoms with van der Waals surface area (Å²) < 4.78 is 30.3. The third kappa shape index (κ3) is 3.26. The van der Waals surface area contributed by atoms with Crippen LogP contribution in [0, 0.1) is 12.8 Å². The van der Waals surface area contributed by atoms with Crippen molar-refractivity contribution in [2.24, 2.45) is 18.7 Å². The fraction of sp³-hybridized carbons (Fsp3) is 0.727. The van der Waals surface area contributed by atoms with Crippen LogP contribution < -0.4 is 10.5 Å². The lowest BCUT2D eigenvalue weighted by atomic mass is 10.0. The molecule has 1 atom stereocenters. The Balaban J connectivity index is 2.12. The van der Waals surface area contributed by atoms with Crippen LogP contribution in [0.2, 0.25) is 0 Å². The van der Waals surface area contributed by atoms with Crippen LogP contribution >= 0.6 is 0 Å². The van der Waals surface area contributed by atoms with E-state index in [-0.39, 0.29) is 5.92 Å². The van der Waals surface area contributed by atoms with E-state index in [0.29, 0.717) is 31.0 Å². The van der Waals surface area contributed by atoms with Crippen molar-refractivity contribution in [3.05, 3.63) is 11.9 Å². The second-order valence-corrected chi connectivity index (χ2v) is 6.68. The zero-order valence-corrected chi connectivity index (χ0v) is 12.2. The number of aryl methyl sites for hydroxylation is 2. The van der Waals surface area contributed by atoms with E-state index < -0.39 is 10.2 Å². The van der Waals surface area contributed by atoms with Crippen LogP contribution in [0.5, 0.6) is 0 Å².